The van der Waals surface area contributed by atoms with E-state index in [1.807, 2.05) is 19.1 Å². The van der Waals surface area contributed by atoms with Crippen molar-refractivity contribution in [1.29, 1.82) is 0 Å². The number of hydrogen-bond acceptors (Lipinski definition) is 7. The molecule has 1 saturated heterocycles. The number of carbonyl (C=O) groups excluding carboxylic acids is 1. The molecule has 9 heteroatoms. The van der Waals surface area contributed by atoms with Crippen molar-refractivity contribution in [2.75, 3.05) is 44.3 Å². The maximum atomic E-state index is 12.8. The number of nitrogens with one attached hydrogen (secondary N) is 2. The fraction of sp³-hybridized carbons (Fsp3) is 0.500. The van der Waals surface area contributed by atoms with Crippen LogP contribution in [0, 0.1) is 0 Å². The third-order valence-electron chi connectivity index (χ3n) is 5.34. The van der Waals surface area contributed by atoms with E-state index in [2.05, 4.69) is 37.6 Å². The molecule has 0 spiro atoms. The van der Waals surface area contributed by atoms with Gasteiger partial charge in [-0.2, -0.15) is 0 Å². The number of anilines is 2. The Morgan fingerprint density at radius 1 is 1.32 bits per heavy atom. The topological polar surface area (TPSA) is 105 Å². The number of likely N-dealkylation sites (tertiary alicyclic amines) is 1. The summed E-state index contributed by atoms with van der Waals surface area (Å²) in [4.78, 5) is 23.4. The first-order valence-corrected chi connectivity index (χ1v) is 11.1. The van der Waals surface area contributed by atoms with Crippen LogP contribution in [0.5, 0.6) is 5.75 Å². The number of piperidine rings is 1. The molecule has 1 aliphatic heterocycles. The second-order valence-corrected chi connectivity index (χ2v) is 8.00. The lowest BCUT2D eigenvalue weighted by atomic mass is 10.0. The Hall–Kier alpha value is -2.58. The Kier molecular flexibility index (Phi) is 8.31. The maximum Gasteiger partial charge on any atom is 0.274 e. The van der Waals surface area contributed by atoms with Crippen LogP contribution in [0.3, 0.4) is 0 Å². The van der Waals surface area contributed by atoms with Crippen molar-refractivity contribution < 1.29 is 9.53 Å². The minimum absolute atomic E-state index is 0.0312. The molecule has 1 aromatic heterocycles. The van der Waals surface area contributed by atoms with E-state index in [0.29, 0.717) is 12.4 Å². The summed E-state index contributed by atoms with van der Waals surface area (Å²) in [5, 5.41) is 5.96. The molecule has 1 aliphatic rings. The van der Waals surface area contributed by atoms with E-state index >= 15 is 0 Å². The standard InChI is InChI=1S/C22H31ClN6O2/c1-3-31-17-10-8-15(9-11-17)6-4-12-29-13-5-7-16(14-29)26-22(30)18-21(25-2)28-20(24)19(23)27-18/h8-11,16H,3-7,12-14H2,1-2H3,(H,26,30)(H3,24,25,28). The zero-order chi connectivity index (χ0) is 22.2. The van der Waals surface area contributed by atoms with Crippen molar-refractivity contribution in [1.82, 2.24) is 20.2 Å². The fourth-order valence-corrected chi connectivity index (χ4v) is 3.94. The molecule has 31 heavy (non-hydrogen) atoms. The monoisotopic (exact) mass is 446 g/mol. The Balaban J connectivity index is 1.49. The van der Waals surface area contributed by atoms with Gasteiger partial charge >= 0.3 is 0 Å². The largest absolute Gasteiger partial charge is 0.494 e. The third-order valence-corrected chi connectivity index (χ3v) is 5.62. The van der Waals surface area contributed by atoms with Gasteiger partial charge in [-0.05, 0) is 63.4 Å². The molecule has 4 N–H and O–H groups in total. The van der Waals surface area contributed by atoms with Gasteiger partial charge < -0.3 is 26.0 Å². The zero-order valence-corrected chi connectivity index (χ0v) is 18.9. The molecule has 1 amide bonds. The number of benzene rings is 1. The molecule has 3 rings (SSSR count). The molecular weight excluding hydrogens is 416 g/mol. The normalized spacial score (nSPS) is 16.7. The van der Waals surface area contributed by atoms with Gasteiger partial charge in [-0.1, -0.05) is 23.7 Å². The predicted octanol–water partition coefficient (Wildman–Crippen LogP) is 2.98. The number of hydrogen-bond donors (Lipinski definition) is 3. The number of aromatic nitrogens is 2. The van der Waals surface area contributed by atoms with Gasteiger partial charge in [0.05, 0.1) is 6.61 Å². The van der Waals surface area contributed by atoms with Gasteiger partial charge in [0.15, 0.2) is 22.5 Å². The maximum absolute atomic E-state index is 12.8. The highest BCUT2D eigenvalue weighted by Gasteiger charge is 2.24. The minimum Gasteiger partial charge on any atom is -0.494 e. The van der Waals surface area contributed by atoms with Gasteiger partial charge in [0, 0.05) is 19.6 Å². The van der Waals surface area contributed by atoms with E-state index in [-0.39, 0.29) is 28.6 Å². The van der Waals surface area contributed by atoms with E-state index in [0.717, 1.165) is 51.1 Å². The van der Waals surface area contributed by atoms with Gasteiger partial charge in [0.1, 0.15) is 5.75 Å². The second kappa shape index (κ2) is 11.2. The molecule has 1 atom stereocenters. The van der Waals surface area contributed by atoms with E-state index in [9.17, 15) is 4.79 Å². The van der Waals surface area contributed by atoms with Crippen LogP contribution in [0.15, 0.2) is 24.3 Å². The summed E-state index contributed by atoms with van der Waals surface area (Å²) in [5.41, 5.74) is 7.16. The SMILES string of the molecule is CCOc1ccc(CCCN2CCCC(NC(=O)c3nc(Cl)c(N)nc3NC)C2)cc1. The summed E-state index contributed by atoms with van der Waals surface area (Å²) in [5.74, 6) is 1.04. The molecule has 1 aromatic carbocycles. The molecule has 0 bridgehead atoms. The van der Waals surface area contributed by atoms with Crippen LogP contribution in [0.25, 0.3) is 0 Å². The Labute approximate surface area is 188 Å². The van der Waals surface area contributed by atoms with Gasteiger partial charge in [-0.25, -0.2) is 9.97 Å². The number of halogens is 1. The number of nitrogens with two attached hydrogens (primary N) is 1. The van der Waals surface area contributed by atoms with Crippen LogP contribution < -0.4 is 21.1 Å². The number of ether oxygens (including phenoxy) is 1. The van der Waals surface area contributed by atoms with Crippen LogP contribution in [0.4, 0.5) is 11.6 Å². The number of rotatable bonds is 9. The molecule has 8 nitrogen and oxygen atoms in total. The Morgan fingerprint density at radius 3 is 2.81 bits per heavy atom. The lowest BCUT2D eigenvalue weighted by Crippen LogP contribution is -2.48. The summed E-state index contributed by atoms with van der Waals surface area (Å²) in [6.07, 6.45) is 4.07. The number of aryl methyl sites for hydroxylation is 1. The van der Waals surface area contributed by atoms with Crippen molar-refractivity contribution in [3.05, 3.63) is 40.7 Å². The predicted molar refractivity (Wildman–Crippen MR) is 124 cm³/mol. The van der Waals surface area contributed by atoms with Crippen LogP contribution in [-0.4, -0.2) is 60.1 Å². The van der Waals surface area contributed by atoms with E-state index < -0.39 is 0 Å². The summed E-state index contributed by atoms with van der Waals surface area (Å²) < 4.78 is 5.49. The molecule has 2 heterocycles. The van der Waals surface area contributed by atoms with E-state index in [1.54, 1.807) is 7.05 Å². The Morgan fingerprint density at radius 2 is 2.10 bits per heavy atom. The summed E-state index contributed by atoms with van der Waals surface area (Å²) in [6.45, 7) is 5.53. The van der Waals surface area contributed by atoms with E-state index in [1.165, 1.54) is 5.56 Å². The van der Waals surface area contributed by atoms with Gasteiger partial charge in [0.2, 0.25) is 0 Å². The molecule has 168 valence electrons. The highest BCUT2D eigenvalue weighted by molar-refractivity contribution is 6.31. The molecule has 0 saturated carbocycles. The van der Waals surface area contributed by atoms with Crippen LogP contribution in [0.2, 0.25) is 5.15 Å². The molecule has 1 fully saturated rings. The van der Waals surface area contributed by atoms with Gasteiger partial charge in [-0.3, -0.25) is 4.79 Å². The quantitative estimate of drug-likeness (QED) is 0.543. The fourth-order valence-electron chi connectivity index (χ4n) is 3.82. The number of amides is 1. The first kappa shape index (κ1) is 23.1. The van der Waals surface area contributed by atoms with Gasteiger partial charge in [-0.15, -0.1) is 0 Å². The minimum atomic E-state index is -0.292. The summed E-state index contributed by atoms with van der Waals surface area (Å²) in [7, 11) is 1.67. The number of carbonyl (C=O) groups is 1. The van der Waals surface area contributed by atoms with Crippen molar-refractivity contribution >= 4 is 29.1 Å². The van der Waals surface area contributed by atoms with Crippen molar-refractivity contribution in [3.63, 3.8) is 0 Å². The van der Waals surface area contributed by atoms with Crippen molar-refractivity contribution in [3.8, 4) is 5.75 Å². The average Bonchev–Trinajstić information content (AvgIpc) is 2.77. The van der Waals surface area contributed by atoms with Crippen molar-refractivity contribution in [2.45, 2.75) is 38.6 Å². The lowest BCUT2D eigenvalue weighted by molar-refractivity contribution is 0.0899. The second-order valence-electron chi connectivity index (χ2n) is 7.64. The highest BCUT2D eigenvalue weighted by atomic mass is 35.5. The average molecular weight is 447 g/mol. The first-order valence-electron chi connectivity index (χ1n) is 10.8. The molecule has 2 aromatic rings. The van der Waals surface area contributed by atoms with E-state index in [4.69, 9.17) is 22.1 Å². The lowest BCUT2D eigenvalue weighted by Gasteiger charge is -2.33. The Bertz CT molecular complexity index is 877. The van der Waals surface area contributed by atoms with Crippen molar-refractivity contribution in [2.24, 2.45) is 0 Å². The summed E-state index contributed by atoms with van der Waals surface area (Å²) >= 11 is 5.96. The smallest absolute Gasteiger partial charge is 0.274 e. The third kappa shape index (κ3) is 6.45. The van der Waals surface area contributed by atoms with Gasteiger partial charge in [0.25, 0.3) is 5.91 Å². The summed E-state index contributed by atoms with van der Waals surface area (Å²) in [6, 6.07) is 8.37. The molecular formula is C22H31ClN6O2. The highest BCUT2D eigenvalue weighted by Crippen LogP contribution is 2.20. The molecule has 0 aliphatic carbocycles. The number of nitrogen functional groups attached to an aromatic ring is 1. The first-order chi connectivity index (χ1) is 15.0. The van der Waals surface area contributed by atoms with Crippen LogP contribution in [0.1, 0.15) is 42.2 Å². The number of nitrogens with zero attached hydrogens (tertiary/aromatic N) is 3. The van der Waals surface area contributed by atoms with Crippen LogP contribution in [-0.2, 0) is 6.42 Å². The molecule has 1 unspecified atom stereocenters. The van der Waals surface area contributed by atoms with Crippen LogP contribution >= 0.6 is 11.6 Å². The zero-order valence-electron chi connectivity index (χ0n) is 18.2. The molecule has 0 radical (unpaired) electrons.